The lowest BCUT2D eigenvalue weighted by molar-refractivity contribution is -0.177. The molecule has 1 fully saturated rings. The minimum Gasteiger partial charge on any atom is -0.459 e. The summed E-state index contributed by atoms with van der Waals surface area (Å²) in [5, 5.41) is 0. The molecule has 0 N–H and O–H groups in total. The highest BCUT2D eigenvalue weighted by molar-refractivity contribution is 5.82. The molecule has 0 saturated carbocycles. The van der Waals surface area contributed by atoms with Gasteiger partial charge in [0.25, 0.3) is 0 Å². The monoisotopic (exact) mass is 170 g/mol. The summed E-state index contributed by atoms with van der Waals surface area (Å²) in [6.07, 6.45) is 3.03. The summed E-state index contributed by atoms with van der Waals surface area (Å²) in [6.45, 7) is 1.89. The second kappa shape index (κ2) is 3.90. The van der Waals surface area contributed by atoms with Gasteiger partial charge in [-0.3, -0.25) is 4.79 Å². The molecule has 1 aliphatic heterocycles. The van der Waals surface area contributed by atoms with Crippen molar-refractivity contribution in [3.05, 3.63) is 12.2 Å². The number of ether oxygens (including phenoxy) is 2. The first-order chi connectivity index (χ1) is 5.72. The fraction of sp³-hybridized carbons (Fsp3) is 0.500. The van der Waals surface area contributed by atoms with Crippen molar-refractivity contribution < 1.29 is 19.1 Å². The van der Waals surface area contributed by atoms with Crippen molar-refractivity contribution in [3.63, 3.8) is 0 Å². The van der Waals surface area contributed by atoms with Gasteiger partial charge in [0.1, 0.15) is 12.7 Å². The molecule has 4 heteroatoms. The Labute approximate surface area is 70.1 Å². The minimum absolute atomic E-state index is 0.162. The maximum absolute atomic E-state index is 10.7. The number of carbonyl (C=O) groups excluding carboxylic acids is 2. The smallest absolute Gasteiger partial charge is 0.330 e. The van der Waals surface area contributed by atoms with Crippen LogP contribution in [0.5, 0.6) is 0 Å². The third-order valence-corrected chi connectivity index (χ3v) is 1.41. The third-order valence-electron chi connectivity index (χ3n) is 1.41. The van der Waals surface area contributed by atoms with Crippen LogP contribution in [0, 0.1) is 0 Å². The molecule has 0 aromatic carbocycles. The van der Waals surface area contributed by atoms with Gasteiger partial charge in [-0.15, -0.1) is 0 Å². The quantitative estimate of drug-likeness (QED) is 0.455. The van der Waals surface area contributed by atoms with Crippen molar-refractivity contribution in [3.8, 4) is 0 Å². The Kier molecular flexibility index (Phi) is 2.85. The van der Waals surface area contributed by atoms with E-state index >= 15 is 0 Å². The number of hydrogen-bond donors (Lipinski definition) is 0. The second-order valence-electron chi connectivity index (χ2n) is 2.45. The minimum atomic E-state index is -0.402. The number of hydrogen-bond acceptors (Lipinski definition) is 4. The van der Waals surface area contributed by atoms with E-state index in [0.717, 1.165) is 0 Å². The molecule has 0 aromatic rings. The maximum atomic E-state index is 10.7. The van der Waals surface area contributed by atoms with Crippen LogP contribution in [0.4, 0.5) is 0 Å². The van der Waals surface area contributed by atoms with Crippen molar-refractivity contribution >= 4 is 11.9 Å². The van der Waals surface area contributed by atoms with E-state index in [0.29, 0.717) is 6.42 Å². The zero-order valence-corrected chi connectivity index (χ0v) is 6.78. The van der Waals surface area contributed by atoms with E-state index in [4.69, 9.17) is 4.74 Å². The SMILES string of the molecule is C/C=C\C(=O)OCC1CC(=O)O1. The summed E-state index contributed by atoms with van der Waals surface area (Å²) in [5.74, 6) is -0.637. The predicted octanol–water partition coefficient (Wildman–Crippen LogP) is 0.421. The first-order valence-corrected chi connectivity index (χ1v) is 3.71. The number of carbonyl (C=O) groups is 2. The fourth-order valence-electron chi connectivity index (χ4n) is 0.814. The zero-order valence-electron chi connectivity index (χ0n) is 6.78. The summed E-state index contributed by atoms with van der Waals surface area (Å²) in [4.78, 5) is 21.0. The molecular formula is C8H10O4. The first-order valence-electron chi connectivity index (χ1n) is 3.71. The highest BCUT2D eigenvalue weighted by atomic mass is 16.6. The van der Waals surface area contributed by atoms with Crippen LogP contribution in [0.25, 0.3) is 0 Å². The number of allylic oxidation sites excluding steroid dienone is 1. The number of esters is 2. The summed E-state index contributed by atoms with van der Waals surface area (Å²) in [6, 6.07) is 0. The molecule has 0 amide bonds. The van der Waals surface area contributed by atoms with Crippen molar-refractivity contribution in [1.29, 1.82) is 0 Å². The first kappa shape index (κ1) is 8.77. The summed E-state index contributed by atoms with van der Waals surface area (Å²) < 4.78 is 9.36. The van der Waals surface area contributed by atoms with Crippen LogP contribution in [0.3, 0.4) is 0 Å². The molecule has 0 bridgehead atoms. The van der Waals surface area contributed by atoms with Crippen molar-refractivity contribution in [2.75, 3.05) is 6.61 Å². The molecule has 1 rings (SSSR count). The Morgan fingerprint density at radius 3 is 3.00 bits per heavy atom. The molecule has 66 valence electrons. The molecule has 1 aliphatic rings. The maximum Gasteiger partial charge on any atom is 0.330 e. The summed E-state index contributed by atoms with van der Waals surface area (Å²) in [5.41, 5.74) is 0. The molecule has 12 heavy (non-hydrogen) atoms. The van der Waals surface area contributed by atoms with Gasteiger partial charge in [-0.25, -0.2) is 4.79 Å². The summed E-state index contributed by atoms with van der Waals surface area (Å²) in [7, 11) is 0. The molecular weight excluding hydrogens is 160 g/mol. The van der Waals surface area contributed by atoms with Gasteiger partial charge in [-0.1, -0.05) is 6.08 Å². The molecule has 0 spiro atoms. The van der Waals surface area contributed by atoms with Gasteiger partial charge in [0.15, 0.2) is 0 Å². The van der Waals surface area contributed by atoms with Crippen LogP contribution >= 0.6 is 0 Å². The van der Waals surface area contributed by atoms with Gasteiger partial charge in [-0.2, -0.15) is 0 Å². The lowest BCUT2D eigenvalue weighted by atomic mass is 10.2. The normalized spacial score (nSPS) is 21.8. The largest absolute Gasteiger partial charge is 0.459 e. The average Bonchev–Trinajstić information content (AvgIpc) is 1.96. The molecule has 4 nitrogen and oxygen atoms in total. The lowest BCUT2D eigenvalue weighted by Gasteiger charge is -2.24. The Balaban J connectivity index is 2.10. The molecule has 0 aliphatic carbocycles. The van der Waals surface area contributed by atoms with E-state index in [1.165, 1.54) is 6.08 Å². The topological polar surface area (TPSA) is 52.6 Å². The second-order valence-corrected chi connectivity index (χ2v) is 2.45. The number of cyclic esters (lactones) is 1. The number of rotatable bonds is 3. The Morgan fingerprint density at radius 2 is 2.50 bits per heavy atom. The predicted molar refractivity (Wildman–Crippen MR) is 40.3 cm³/mol. The van der Waals surface area contributed by atoms with Gasteiger partial charge >= 0.3 is 11.9 Å². The van der Waals surface area contributed by atoms with Gasteiger partial charge in [0.2, 0.25) is 0 Å². The van der Waals surface area contributed by atoms with Crippen LogP contribution in [0.1, 0.15) is 13.3 Å². The van der Waals surface area contributed by atoms with E-state index in [2.05, 4.69) is 4.74 Å². The van der Waals surface area contributed by atoms with E-state index in [9.17, 15) is 9.59 Å². The molecule has 1 unspecified atom stereocenters. The molecule has 0 radical (unpaired) electrons. The molecule has 1 heterocycles. The Hall–Kier alpha value is -1.32. The van der Waals surface area contributed by atoms with Gasteiger partial charge in [0.05, 0.1) is 6.42 Å². The van der Waals surface area contributed by atoms with Crippen molar-refractivity contribution in [2.45, 2.75) is 19.4 Å². The van der Waals surface area contributed by atoms with E-state index in [1.807, 2.05) is 0 Å². The zero-order chi connectivity index (χ0) is 8.97. The van der Waals surface area contributed by atoms with Gasteiger partial charge in [-0.05, 0) is 6.92 Å². The van der Waals surface area contributed by atoms with Crippen LogP contribution in [0.15, 0.2) is 12.2 Å². The summed E-state index contributed by atoms with van der Waals surface area (Å²) >= 11 is 0. The lowest BCUT2D eigenvalue weighted by Crippen LogP contribution is -2.36. The standard InChI is InChI=1S/C8H10O4/c1-2-3-7(9)11-5-6-4-8(10)12-6/h2-3,6H,4-5H2,1H3/b3-2-. The Morgan fingerprint density at radius 1 is 1.83 bits per heavy atom. The average molecular weight is 170 g/mol. The van der Waals surface area contributed by atoms with Crippen molar-refractivity contribution in [1.82, 2.24) is 0 Å². The van der Waals surface area contributed by atoms with E-state index in [1.54, 1.807) is 13.0 Å². The third kappa shape index (κ3) is 2.38. The van der Waals surface area contributed by atoms with Crippen molar-refractivity contribution in [2.24, 2.45) is 0 Å². The highest BCUT2D eigenvalue weighted by Crippen LogP contribution is 2.12. The molecule has 1 atom stereocenters. The highest BCUT2D eigenvalue weighted by Gasteiger charge is 2.29. The van der Waals surface area contributed by atoms with E-state index in [-0.39, 0.29) is 18.7 Å². The molecule has 1 saturated heterocycles. The molecule has 0 aromatic heterocycles. The fourth-order valence-corrected chi connectivity index (χ4v) is 0.814. The van der Waals surface area contributed by atoms with Gasteiger partial charge in [0, 0.05) is 6.08 Å². The van der Waals surface area contributed by atoms with E-state index < -0.39 is 5.97 Å². The van der Waals surface area contributed by atoms with Gasteiger partial charge < -0.3 is 9.47 Å². The van der Waals surface area contributed by atoms with Crippen LogP contribution < -0.4 is 0 Å². The van der Waals surface area contributed by atoms with Crippen LogP contribution in [-0.4, -0.2) is 24.6 Å². The van der Waals surface area contributed by atoms with Crippen LogP contribution in [-0.2, 0) is 19.1 Å². The Bertz CT molecular complexity index is 211. The van der Waals surface area contributed by atoms with Crippen LogP contribution in [0.2, 0.25) is 0 Å².